The summed E-state index contributed by atoms with van der Waals surface area (Å²) in [5, 5.41) is 0. The summed E-state index contributed by atoms with van der Waals surface area (Å²) in [4.78, 5) is 21.2. The fourth-order valence-electron chi connectivity index (χ4n) is 5.23. The summed E-state index contributed by atoms with van der Waals surface area (Å²) in [5.41, 5.74) is 8.50. The molecular formula is C48H64O3. The number of ether oxygens (including phenoxy) is 1. The molecule has 0 aliphatic rings. The van der Waals surface area contributed by atoms with Gasteiger partial charge in [0, 0.05) is 22.0 Å². The third-order valence-corrected chi connectivity index (χ3v) is 8.34. The molecule has 0 N–H and O–H groups in total. The van der Waals surface area contributed by atoms with E-state index in [4.69, 9.17) is 9.53 Å². The van der Waals surface area contributed by atoms with Crippen molar-refractivity contribution < 1.29 is 14.3 Å². The maximum absolute atomic E-state index is 13.2. The summed E-state index contributed by atoms with van der Waals surface area (Å²) in [7, 11) is 0. The van der Waals surface area contributed by atoms with E-state index in [1.165, 1.54) is 33.4 Å². The first-order chi connectivity index (χ1) is 24.5. The topological polar surface area (TPSA) is 43.4 Å². The average Bonchev–Trinajstić information content (AvgIpc) is 3.19. The van der Waals surface area contributed by atoms with Crippen LogP contribution in [0.3, 0.4) is 0 Å². The third kappa shape index (κ3) is 12.8. The van der Waals surface area contributed by atoms with Gasteiger partial charge in [-0.3, -0.25) is 4.79 Å². The van der Waals surface area contributed by atoms with Crippen molar-refractivity contribution in [3.63, 3.8) is 0 Å². The molecule has 0 atom stereocenters. The summed E-state index contributed by atoms with van der Waals surface area (Å²) in [6.07, 6.45) is 0. The molecule has 3 nitrogen and oxygen atoms in total. The van der Waals surface area contributed by atoms with Crippen LogP contribution < -0.4 is 4.74 Å². The Morgan fingerprint density at radius 3 is 0.922 bits per heavy atom. The van der Waals surface area contributed by atoms with Gasteiger partial charge in [-0.05, 0) is 72.5 Å². The number of carbonyl (C=O) groups excluding carboxylic acids is 2. The molecule has 0 radical (unpaired) electrons. The van der Waals surface area contributed by atoms with Crippen LogP contribution >= 0.6 is 0 Å². The van der Waals surface area contributed by atoms with Crippen LogP contribution in [0.5, 0.6) is 11.5 Å². The lowest BCUT2D eigenvalue weighted by molar-refractivity contribution is -0.0980. The number of rotatable bonds is 8. The van der Waals surface area contributed by atoms with Gasteiger partial charge in [-0.2, -0.15) is 0 Å². The zero-order valence-corrected chi connectivity index (χ0v) is 34.0. The molecule has 0 aliphatic carbocycles. The van der Waals surface area contributed by atoms with E-state index in [0.29, 0.717) is 16.9 Å². The fourth-order valence-corrected chi connectivity index (χ4v) is 5.23. The van der Waals surface area contributed by atoms with Crippen LogP contribution in [0.15, 0.2) is 121 Å². The summed E-state index contributed by atoms with van der Waals surface area (Å²) >= 11 is 0. The quantitative estimate of drug-likeness (QED) is 0.152. The summed E-state index contributed by atoms with van der Waals surface area (Å²) in [6, 6.07) is 41.0. The van der Waals surface area contributed by atoms with E-state index in [1.54, 1.807) is 0 Å². The molecular weight excluding hydrogens is 625 g/mol. The molecule has 0 unspecified atom stereocenters. The fraction of sp³-hybridized carbons (Fsp3) is 0.333. The second-order valence-corrected chi connectivity index (χ2v) is 12.0. The number of benzene rings is 5. The maximum Gasteiger partial charge on any atom is 0.193 e. The van der Waals surface area contributed by atoms with Crippen molar-refractivity contribution in [2.45, 2.75) is 108 Å². The molecule has 5 aromatic rings. The van der Waals surface area contributed by atoms with Crippen LogP contribution in [0, 0.1) is 13.8 Å². The van der Waals surface area contributed by atoms with E-state index in [9.17, 15) is 4.79 Å². The van der Waals surface area contributed by atoms with Gasteiger partial charge in [-0.25, -0.2) is 0 Å². The van der Waals surface area contributed by atoms with Gasteiger partial charge in [0.05, 0.1) is 0 Å². The molecule has 274 valence electrons. The molecule has 0 aromatic heterocycles. The van der Waals surface area contributed by atoms with Crippen LogP contribution in [0.25, 0.3) is 0 Å². The summed E-state index contributed by atoms with van der Waals surface area (Å²) in [5.74, 6) is 1.46. The summed E-state index contributed by atoms with van der Waals surface area (Å²) in [6.45, 7) is 31.1. The molecule has 3 heteroatoms. The molecule has 5 rings (SSSR count). The predicted molar refractivity (Wildman–Crippen MR) is 222 cm³/mol. The Labute approximate surface area is 311 Å². The molecule has 0 saturated heterocycles. The number of hydrogen-bond donors (Lipinski definition) is 0. The van der Waals surface area contributed by atoms with Crippen LogP contribution in [0.2, 0.25) is 0 Å². The van der Waals surface area contributed by atoms with Gasteiger partial charge in [0.25, 0.3) is 0 Å². The largest absolute Gasteiger partial charge is 0.457 e. The lowest BCUT2D eigenvalue weighted by atomic mass is 9.77. The zero-order chi connectivity index (χ0) is 39.2. The van der Waals surface area contributed by atoms with Gasteiger partial charge in [-0.1, -0.05) is 179 Å². The molecule has 0 bridgehead atoms. The van der Waals surface area contributed by atoms with Crippen LogP contribution in [0.1, 0.15) is 132 Å². The Balaban J connectivity index is 0.00000230. The molecule has 51 heavy (non-hydrogen) atoms. The second-order valence-electron chi connectivity index (χ2n) is 12.0. The van der Waals surface area contributed by atoms with Crippen molar-refractivity contribution in [2.24, 2.45) is 0 Å². The average molecular weight is 689 g/mol. The SMILES string of the molecule is C=O.CC.CC.CC.CC.Cc1ccc(C(C)(C)c2ccc(Oc3ccc(C(=O)c4ccc(C(C)(C)c5ccc(C)cc5)cc4)cc3)cc2)cc1. The number of carbonyl (C=O) groups is 2. The van der Waals surface area contributed by atoms with Gasteiger partial charge >= 0.3 is 0 Å². The van der Waals surface area contributed by atoms with Crippen molar-refractivity contribution in [1.82, 2.24) is 0 Å². The number of aryl methyl sites for hydroxylation is 2. The van der Waals surface area contributed by atoms with E-state index >= 15 is 0 Å². The zero-order valence-electron chi connectivity index (χ0n) is 34.0. The van der Waals surface area contributed by atoms with E-state index in [1.807, 2.05) is 111 Å². The second kappa shape index (κ2) is 23.6. The van der Waals surface area contributed by atoms with Gasteiger partial charge in [0.15, 0.2) is 5.78 Å². The lowest BCUT2D eigenvalue weighted by Gasteiger charge is -2.26. The molecule has 0 spiro atoms. The molecule has 0 saturated carbocycles. The van der Waals surface area contributed by atoms with Crippen molar-refractivity contribution >= 4 is 12.6 Å². The Morgan fingerprint density at radius 2 is 0.627 bits per heavy atom. The van der Waals surface area contributed by atoms with E-state index < -0.39 is 0 Å². The summed E-state index contributed by atoms with van der Waals surface area (Å²) < 4.78 is 6.10. The molecule has 0 fully saturated rings. The third-order valence-electron chi connectivity index (χ3n) is 8.34. The Morgan fingerprint density at radius 1 is 0.412 bits per heavy atom. The van der Waals surface area contributed by atoms with Crippen LogP contribution in [-0.4, -0.2) is 12.6 Å². The van der Waals surface area contributed by atoms with Crippen molar-refractivity contribution in [3.05, 3.63) is 166 Å². The van der Waals surface area contributed by atoms with Gasteiger partial charge < -0.3 is 9.53 Å². The Hall–Kier alpha value is -4.76. The first-order valence-corrected chi connectivity index (χ1v) is 18.5. The lowest BCUT2D eigenvalue weighted by Crippen LogP contribution is -2.19. The highest BCUT2D eigenvalue weighted by Gasteiger charge is 2.24. The minimum Gasteiger partial charge on any atom is -0.457 e. The smallest absolute Gasteiger partial charge is 0.193 e. The Kier molecular flexibility index (Phi) is 21.4. The van der Waals surface area contributed by atoms with Crippen LogP contribution in [0.4, 0.5) is 0 Å². The highest BCUT2D eigenvalue weighted by atomic mass is 16.5. The van der Waals surface area contributed by atoms with E-state index in [2.05, 4.69) is 114 Å². The highest BCUT2D eigenvalue weighted by Crippen LogP contribution is 2.34. The standard InChI is InChI=1S/C39H38O2.4C2H6.CH2O/c1-27-7-15-31(16-8-27)38(3,4)33-19-11-29(12-20-33)37(40)30-13-23-35(24-14-30)41-36-25-21-34(22-26-36)39(5,6)32-17-9-28(2)10-18-32;5*1-2/h7-26H,1-6H3;4*1-2H3;1H2. The first kappa shape index (κ1) is 46.2. The molecule has 0 amide bonds. The highest BCUT2D eigenvalue weighted by molar-refractivity contribution is 6.09. The van der Waals surface area contributed by atoms with Crippen molar-refractivity contribution in [2.75, 3.05) is 0 Å². The van der Waals surface area contributed by atoms with E-state index in [-0.39, 0.29) is 16.6 Å². The van der Waals surface area contributed by atoms with Crippen LogP contribution in [-0.2, 0) is 15.6 Å². The van der Waals surface area contributed by atoms with Crippen molar-refractivity contribution in [3.8, 4) is 11.5 Å². The maximum atomic E-state index is 13.2. The molecule has 0 heterocycles. The van der Waals surface area contributed by atoms with E-state index in [0.717, 1.165) is 5.75 Å². The first-order valence-electron chi connectivity index (χ1n) is 18.5. The van der Waals surface area contributed by atoms with Crippen molar-refractivity contribution in [1.29, 1.82) is 0 Å². The minimum absolute atomic E-state index is 0.000989. The molecule has 5 aromatic carbocycles. The normalized spacial score (nSPS) is 10.0. The van der Waals surface area contributed by atoms with Gasteiger partial charge in [-0.15, -0.1) is 0 Å². The Bertz CT molecular complexity index is 1640. The minimum atomic E-state index is -0.150. The molecule has 0 aliphatic heterocycles. The number of hydrogen-bond acceptors (Lipinski definition) is 3. The van der Waals surface area contributed by atoms with Gasteiger partial charge in [0.1, 0.15) is 18.3 Å². The predicted octanol–water partition coefficient (Wildman–Crippen LogP) is 13.9. The monoisotopic (exact) mass is 688 g/mol. The number of ketones is 1. The van der Waals surface area contributed by atoms with Gasteiger partial charge in [0.2, 0.25) is 0 Å².